The lowest BCUT2D eigenvalue weighted by molar-refractivity contribution is -0.162. The van der Waals surface area contributed by atoms with Gasteiger partial charge in [-0.3, -0.25) is 14.4 Å². The summed E-state index contributed by atoms with van der Waals surface area (Å²) in [5.74, 6) is -2.82. The molecule has 1 N–H and O–H groups in total. The lowest BCUT2D eigenvalue weighted by Crippen LogP contribution is -2.59. The molecule has 4 heterocycles. The van der Waals surface area contributed by atoms with Gasteiger partial charge in [0.1, 0.15) is 23.2 Å². The van der Waals surface area contributed by atoms with Crippen LogP contribution in [-0.4, -0.2) is 70.8 Å². The number of fused-ring (bicyclic) bond motifs is 3. The summed E-state index contributed by atoms with van der Waals surface area (Å²) in [7, 11) is 0. The van der Waals surface area contributed by atoms with Gasteiger partial charge in [-0.25, -0.2) is 0 Å². The van der Waals surface area contributed by atoms with Crippen LogP contribution in [-0.2, 0) is 23.9 Å². The van der Waals surface area contributed by atoms with Crippen molar-refractivity contribution in [2.75, 3.05) is 24.7 Å². The van der Waals surface area contributed by atoms with E-state index in [9.17, 15) is 19.5 Å². The Morgan fingerprint density at radius 1 is 1.00 bits per heavy atom. The Morgan fingerprint density at radius 2 is 1.78 bits per heavy atom. The van der Waals surface area contributed by atoms with E-state index in [2.05, 4.69) is 0 Å². The van der Waals surface area contributed by atoms with Crippen LogP contribution in [0.2, 0.25) is 0 Å². The highest BCUT2D eigenvalue weighted by Crippen LogP contribution is 2.59. The molecule has 4 aliphatic rings. The second-order valence-corrected chi connectivity index (χ2v) is 12.1. The SMILES string of the molecule is CC[C@@]12C=CCCOC(=O)[C@@H]1[C@H]1C(=O)N([C@@H](CO)CC(C)C)C3C(=O)N(c4ccc5ccccc5c4)CC=C[C@@]31O2. The Balaban J connectivity index is 1.52. The molecule has 6 atom stereocenters. The van der Waals surface area contributed by atoms with Crippen LogP contribution in [0.25, 0.3) is 10.8 Å². The van der Waals surface area contributed by atoms with Crippen molar-refractivity contribution in [2.24, 2.45) is 17.8 Å². The molecule has 0 saturated carbocycles. The largest absolute Gasteiger partial charge is 0.465 e. The summed E-state index contributed by atoms with van der Waals surface area (Å²) in [6.07, 6.45) is 9.06. The highest BCUT2D eigenvalue weighted by Gasteiger charge is 2.76. The van der Waals surface area contributed by atoms with Crippen LogP contribution in [0.1, 0.15) is 40.0 Å². The standard InChI is InChI=1S/C33H38N2O6/c1-4-32-14-7-8-17-40-31(39)27(32)26-29(37)35(25(20-36)18-21(2)3)28-30(38)34(16-9-15-33(26,28)41-32)24-13-12-22-10-5-6-11-23(22)19-24/h5-7,9-15,19,21,25-28,36H,4,8,16-18,20H2,1-3H3/t25-,26+,27+,28?,32-,33+/m1/s1. The molecule has 2 fully saturated rings. The molecule has 2 amide bonds. The predicted molar refractivity (Wildman–Crippen MR) is 155 cm³/mol. The molecule has 8 heteroatoms. The van der Waals surface area contributed by atoms with E-state index in [1.54, 1.807) is 4.90 Å². The monoisotopic (exact) mass is 558 g/mol. The van der Waals surface area contributed by atoms with Gasteiger partial charge in [-0.1, -0.05) is 75.4 Å². The Morgan fingerprint density at radius 3 is 2.51 bits per heavy atom. The summed E-state index contributed by atoms with van der Waals surface area (Å²) in [5.41, 5.74) is -1.76. The first kappa shape index (κ1) is 27.7. The number of hydrogen-bond acceptors (Lipinski definition) is 6. The molecule has 0 aliphatic carbocycles. The third kappa shape index (κ3) is 4.22. The minimum Gasteiger partial charge on any atom is -0.465 e. The zero-order valence-electron chi connectivity index (χ0n) is 23.9. The number of carbonyl (C=O) groups excluding carboxylic acids is 3. The molecule has 8 nitrogen and oxygen atoms in total. The number of anilines is 1. The van der Waals surface area contributed by atoms with Crippen molar-refractivity contribution < 1.29 is 29.0 Å². The van der Waals surface area contributed by atoms with E-state index >= 15 is 0 Å². The van der Waals surface area contributed by atoms with Crippen LogP contribution in [0.5, 0.6) is 0 Å². The molecule has 0 aromatic heterocycles. The van der Waals surface area contributed by atoms with Gasteiger partial charge in [-0.05, 0) is 48.1 Å². The van der Waals surface area contributed by atoms with E-state index in [1.165, 1.54) is 4.90 Å². The van der Waals surface area contributed by atoms with Gasteiger partial charge in [0.15, 0.2) is 0 Å². The van der Waals surface area contributed by atoms with E-state index in [0.29, 0.717) is 24.9 Å². The van der Waals surface area contributed by atoms with E-state index < -0.39 is 41.1 Å². The van der Waals surface area contributed by atoms with E-state index in [0.717, 1.165) is 10.8 Å². The van der Waals surface area contributed by atoms with E-state index in [4.69, 9.17) is 9.47 Å². The topological polar surface area (TPSA) is 96.4 Å². The number of ether oxygens (including phenoxy) is 2. The van der Waals surface area contributed by atoms with Crippen LogP contribution < -0.4 is 4.90 Å². The Labute approximate surface area is 240 Å². The van der Waals surface area contributed by atoms with Gasteiger partial charge in [0.05, 0.1) is 25.2 Å². The molecule has 0 radical (unpaired) electrons. The maximum atomic E-state index is 14.8. The average molecular weight is 559 g/mol. The first-order valence-electron chi connectivity index (χ1n) is 14.7. The number of likely N-dealkylation sites (tertiary alicyclic amines) is 1. The highest BCUT2D eigenvalue weighted by atomic mass is 16.6. The maximum Gasteiger partial charge on any atom is 0.313 e. The van der Waals surface area contributed by atoms with Crippen LogP contribution in [0.4, 0.5) is 5.69 Å². The Kier molecular flexibility index (Phi) is 7.02. The first-order valence-corrected chi connectivity index (χ1v) is 14.7. The molecule has 1 unspecified atom stereocenters. The molecule has 4 aliphatic heterocycles. The van der Waals surface area contributed by atoms with Crippen molar-refractivity contribution in [2.45, 2.75) is 63.3 Å². The first-order chi connectivity index (χ1) is 19.8. The van der Waals surface area contributed by atoms with Crippen LogP contribution in [0.15, 0.2) is 66.8 Å². The van der Waals surface area contributed by atoms with Gasteiger partial charge in [-0.2, -0.15) is 0 Å². The summed E-state index contributed by atoms with van der Waals surface area (Å²) in [4.78, 5) is 46.2. The Hall–Kier alpha value is -3.49. The van der Waals surface area contributed by atoms with Crippen molar-refractivity contribution in [3.63, 3.8) is 0 Å². The van der Waals surface area contributed by atoms with Crippen molar-refractivity contribution in [1.82, 2.24) is 4.90 Å². The zero-order chi connectivity index (χ0) is 28.9. The van der Waals surface area contributed by atoms with E-state index in [1.807, 2.05) is 87.5 Å². The highest BCUT2D eigenvalue weighted by molar-refractivity contribution is 6.06. The minimum atomic E-state index is -1.39. The van der Waals surface area contributed by atoms with Gasteiger partial charge >= 0.3 is 5.97 Å². The normalized spacial score (nSPS) is 31.9. The Bertz CT molecular complexity index is 1430. The van der Waals surface area contributed by atoms with Crippen molar-refractivity contribution in [1.29, 1.82) is 0 Å². The number of amides is 2. The lowest BCUT2D eigenvalue weighted by atomic mass is 9.73. The fourth-order valence-corrected chi connectivity index (χ4v) is 7.46. The quantitative estimate of drug-likeness (QED) is 0.425. The number of hydrogen-bond donors (Lipinski definition) is 1. The molecule has 2 aromatic rings. The molecule has 6 rings (SSSR count). The molecule has 216 valence electrons. The summed E-state index contributed by atoms with van der Waals surface area (Å²) >= 11 is 0. The number of cyclic esters (lactones) is 1. The smallest absolute Gasteiger partial charge is 0.313 e. The van der Waals surface area contributed by atoms with Crippen LogP contribution >= 0.6 is 0 Å². The number of carbonyl (C=O) groups is 3. The molecule has 0 bridgehead atoms. The van der Waals surface area contributed by atoms with Crippen LogP contribution in [0, 0.1) is 17.8 Å². The fourth-order valence-electron chi connectivity index (χ4n) is 7.46. The van der Waals surface area contributed by atoms with Crippen LogP contribution in [0.3, 0.4) is 0 Å². The zero-order valence-corrected chi connectivity index (χ0v) is 23.9. The molecule has 41 heavy (non-hydrogen) atoms. The van der Waals surface area contributed by atoms with Gasteiger partial charge in [0.25, 0.3) is 5.91 Å². The maximum absolute atomic E-state index is 14.8. The fraction of sp³-hybridized carbons (Fsp3) is 0.485. The molecular formula is C33H38N2O6. The predicted octanol–water partition coefficient (Wildman–Crippen LogP) is 4.01. The summed E-state index contributed by atoms with van der Waals surface area (Å²) in [6, 6.07) is 12.2. The second-order valence-electron chi connectivity index (χ2n) is 12.1. The van der Waals surface area contributed by atoms with Crippen molar-refractivity contribution in [3.8, 4) is 0 Å². The molecule has 2 aromatic carbocycles. The number of aliphatic hydroxyl groups is 1. The third-order valence-corrected chi connectivity index (χ3v) is 9.23. The van der Waals surface area contributed by atoms with Crippen molar-refractivity contribution >= 4 is 34.2 Å². The number of esters is 1. The third-order valence-electron chi connectivity index (χ3n) is 9.23. The molecular weight excluding hydrogens is 520 g/mol. The lowest BCUT2D eigenvalue weighted by Gasteiger charge is -2.41. The average Bonchev–Trinajstić information content (AvgIpc) is 3.31. The number of benzene rings is 2. The second kappa shape index (κ2) is 10.4. The van der Waals surface area contributed by atoms with Gasteiger partial charge in [0, 0.05) is 12.2 Å². The molecule has 1 spiro atoms. The summed E-state index contributed by atoms with van der Waals surface area (Å²) in [5, 5.41) is 12.6. The minimum absolute atomic E-state index is 0.161. The summed E-state index contributed by atoms with van der Waals surface area (Å²) < 4.78 is 12.6. The number of rotatable bonds is 6. The summed E-state index contributed by atoms with van der Waals surface area (Å²) in [6.45, 7) is 6.18. The number of nitrogens with zero attached hydrogens (tertiary/aromatic N) is 2. The van der Waals surface area contributed by atoms with Gasteiger partial charge in [-0.15, -0.1) is 0 Å². The van der Waals surface area contributed by atoms with E-state index in [-0.39, 0.29) is 37.5 Å². The van der Waals surface area contributed by atoms with Crippen molar-refractivity contribution in [3.05, 3.63) is 66.8 Å². The van der Waals surface area contributed by atoms with Gasteiger partial charge < -0.3 is 24.4 Å². The van der Waals surface area contributed by atoms with Gasteiger partial charge in [0.2, 0.25) is 5.91 Å². The number of aliphatic hydroxyl groups excluding tert-OH is 1. The molecule has 2 saturated heterocycles.